The van der Waals surface area contributed by atoms with Gasteiger partial charge in [-0.3, -0.25) is 0 Å². The number of nitriles is 1. The summed E-state index contributed by atoms with van der Waals surface area (Å²) in [6.45, 7) is 0. The van der Waals surface area contributed by atoms with Gasteiger partial charge in [-0.1, -0.05) is 12.1 Å². The van der Waals surface area contributed by atoms with Crippen LogP contribution in [0.1, 0.15) is 5.69 Å². The molecule has 72 valence electrons. The van der Waals surface area contributed by atoms with Crippen molar-refractivity contribution in [3.05, 3.63) is 48.2 Å². The minimum atomic E-state index is -0.329. The lowest BCUT2D eigenvalue weighted by Crippen LogP contribution is -1.89. The monoisotopic (exact) mass is 199 g/mol. The van der Waals surface area contributed by atoms with E-state index >= 15 is 0 Å². The van der Waals surface area contributed by atoms with Crippen LogP contribution in [-0.4, -0.2) is 9.97 Å². The third-order valence-corrected chi connectivity index (χ3v) is 1.90. The summed E-state index contributed by atoms with van der Waals surface area (Å²) in [6.07, 6.45) is 1.29. The highest BCUT2D eigenvalue weighted by Crippen LogP contribution is 2.17. The molecule has 0 unspecified atom stereocenters. The van der Waals surface area contributed by atoms with E-state index in [0.29, 0.717) is 11.3 Å². The van der Waals surface area contributed by atoms with Gasteiger partial charge in [0.25, 0.3) is 0 Å². The predicted molar refractivity (Wildman–Crippen MR) is 52.1 cm³/mol. The largest absolute Gasteiger partial charge is 0.236 e. The maximum Gasteiger partial charge on any atom is 0.144 e. The van der Waals surface area contributed by atoms with Crippen molar-refractivity contribution in [1.82, 2.24) is 9.97 Å². The number of benzene rings is 1. The van der Waals surface area contributed by atoms with Crippen LogP contribution in [0.3, 0.4) is 0 Å². The Kier molecular flexibility index (Phi) is 2.38. The number of nitrogens with zero attached hydrogens (tertiary/aromatic N) is 3. The number of rotatable bonds is 1. The fraction of sp³-hybridized carbons (Fsp3) is 0. The molecule has 0 fully saturated rings. The van der Waals surface area contributed by atoms with Gasteiger partial charge in [0, 0.05) is 11.6 Å². The number of hydrogen-bond acceptors (Lipinski definition) is 3. The standard InChI is InChI=1S/C11H6FN3/c12-9-3-1-2-8(4-9)11-5-10(6-13)14-7-15-11/h1-5,7H. The molecular formula is C11H6FN3. The molecule has 1 heterocycles. The average Bonchev–Trinajstić information content (AvgIpc) is 2.29. The molecule has 0 amide bonds. The molecule has 0 spiro atoms. The Bertz CT molecular complexity index is 531. The maximum absolute atomic E-state index is 12.9. The van der Waals surface area contributed by atoms with E-state index in [1.165, 1.54) is 24.5 Å². The number of halogens is 1. The zero-order valence-electron chi connectivity index (χ0n) is 7.68. The van der Waals surface area contributed by atoms with Crippen molar-refractivity contribution in [3.8, 4) is 17.3 Å². The Hall–Kier alpha value is -2.28. The predicted octanol–water partition coefficient (Wildman–Crippen LogP) is 2.15. The minimum Gasteiger partial charge on any atom is -0.236 e. The summed E-state index contributed by atoms with van der Waals surface area (Å²) in [6, 6.07) is 9.48. The van der Waals surface area contributed by atoms with Crippen molar-refractivity contribution in [1.29, 1.82) is 5.26 Å². The van der Waals surface area contributed by atoms with E-state index in [-0.39, 0.29) is 11.5 Å². The molecule has 0 atom stereocenters. The van der Waals surface area contributed by atoms with Gasteiger partial charge in [0.05, 0.1) is 5.69 Å². The highest BCUT2D eigenvalue weighted by molar-refractivity contribution is 5.59. The third kappa shape index (κ3) is 1.97. The second-order valence-electron chi connectivity index (χ2n) is 2.91. The van der Waals surface area contributed by atoms with Crippen LogP contribution in [-0.2, 0) is 0 Å². The Morgan fingerprint density at radius 3 is 2.80 bits per heavy atom. The molecule has 0 N–H and O–H groups in total. The molecule has 3 nitrogen and oxygen atoms in total. The van der Waals surface area contributed by atoms with E-state index in [1.807, 2.05) is 6.07 Å². The zero-order chi connectivity index (χ0) is 10.7. The fourth-order valence-electron chi connectivity index (χ4n) is 1.22. The van der Waals surface area contributed by atoms with Gasteiger partial charge in [-0.2, -0.15) is 5.26 Å². The van der Waals surface area contributed by atoms with E-state index < -0.39 is 0 Å². The average molecular weight is 199 g/mol. The molecule has 2 rings (SSSR count). The van der Waals surface area contributed by atoms with Crippen molar-refractivity contribution in [2.24, 2.45) is 0 Å². The molecule has 15 heavy (non-hydrogen) atoms. The summed E-state index contributed by atoms with van der Waals surface area (Å²) in [7, 11) is 0. The first-order valence-electron chi connectivity index (χ1n) is 4.27. The van der Waals surface area contributed by atoms with Crippen LogP contribution in [0, 0.1) is 17.1 Å². The molecular weight excluding hydrogens is 193 g/mol. The van der Waals surface area contributed by atoms with Gasteiger partial charge in [0.15, 0.2) is 0 Å². The maximum atomic E-state index is 12.9. The van der Waals surface area contributed by atoms with Crippen LogP contribution in [0.5, 0.6) is 0 Å². The molecule has 0 aliphatic heterocycles. The van der Waals surface area contributed by atoms with Crippen LogP contribution >= 0.6 is 0 Å². The third-order valence-electron chi connectivity index (χ3n) is 1.90. The molecule has 0 saturated heterocycles. The normalized spacial score (nSPS) is 9.60. The van der Waals surface area contributed by atoms with Crippen LogP contribution in [0.4, 0.5) is 4.39 Å². The van der Waals surface area contributed by atoms with Gasteiger partial charge in [-0.15, -0.1) is 0 Å². The Labute approximate surface area is 85.9 Å². The first kappa shape index (κ1) is 9.28. The SMILES string of the molecule is N#Cc1cc(-c2cccc(F)c2)ncn1. The van der Waals surface area contributed by atoms with Crippen LogP contribution in [0.2, 0.25) is 0 Å². The lowest BCUT2D eigenvalue weighted by molar-refractivity contribution is 0.628. The number of aromatic nitrogens is 2. The molecule has 1 aromatic carbocycles. The molecule has 0 saturated carbocycles. The van der Waals surface area contributed by atoms with Gasteiger partial charge >= 0.3 is 0 Å². The van der Waals surface area contributed by atoms with Crippen molar-refractivity contribution in [2.75, 3.05) is 0 Å². The molecule has 0 aliphatic carbocycles. The summed E-state index contributed by atoms with van der Waals surface area (Å²) >= 11 is 0. The summed E-state index contributed by atoms with van der Waals surface area (Å²) in [5.74, 6) is -0.329. The first-order chi connectivity index (χ1) is 7.29. The molecule has 0 radical (unpaired) electrons. The first-order valence-corrected chi connectivity index (χ1v) is 4.27. The lowest BCUT2D eigenvalue weighted by Gasteiger charge is -1.99. The second kappa shape index (κ2) is 3.84. The molecule has 4 heteroatoms. The van der Waals surface area contributed by atoms with Crippen LogP contribution in [0.15, 0.2) is 36.7 Å². The highest BCUT2D eigenvalue weighted by atomic mass is 19.1. The number of hydrogen-bond donors (Lipinski definition) is 0. The summed E-state index contributed by atoms with van der Waals surface area (Å²) < 4.78 is 12.9. The Morgan fingerprint density at radius 1 is 1.20 bits per heavy atom. The van der Waals surface area contributed by atoms with Crippen molar-refractivity contribution < 1.29 is 4.39 Å². The van der Waals surface area contributed by atoms with E-state index in [2.05, 4.69) is 9.97 Å². The molecule has 0 aliphatic rings. The van der Waals surface area contributed by atoms with Crippen molar-refractivity contribution in [3.63, 3.8) is 0 Å². The Balaban J connectivity index is 2.50. The molecule has 1 aromatic heterocycles. The minimum absolute atomic E-state index is 0.268. The quantitative estimate of drug-likeness (QED) is 0.707. The van der Waals surface area contributed by atoms with E-state index in [9.17, 15) is 4.39 Å². The second-order valence-corrected chi connectivity index (χ2v) is 2.91. The zero-order valence-corrected chi connectivity index (χ0v) is 7.68. The van der Waals surface area contributed by atoms with Gasteiger partial charge < -0.3 is 0 Å². The van der Waals surface area contributed by atoms with Crippen LogP contribution in [0.25, 0.3) is 11.3 Å². The van der Waals surface area contributed by atoms with Crippen molar-refractivity contribution in [2.45, 2.75) is 0 Å². The summed E-state index contributed by atoms with van der Waals surface area (Å²) in [5, 5.41) is 8.65. The highest BCUT2D eigenvalue weighted by Gasteiger charge is 2.02. The topological polar surface area (TPSA) is 49.6 Å². The van der Waals surface area contributed by atoms with E-state index in [1.54, 1.807) is 12.1 Å². The Morgan fingerprint density at radius 2 is 2.07 bits per heavy atom. The molecule has 2 aromatic rings. The van der Waals surface area contributed by atoms with Gasteiger partial charge in [-0.25, -0.2) is 14.4 Å². The van der Waals surface area contributed by atoms with Gasteiger partial charge in [0.1, 0.15) is 23.9 Å². The van der Waals surface area contributed by atoms with Gasteiger partial charge in [0.2, 0.25) is 0 Å². The van der Waals surface area contributed by atoms with E-state index in [0.717, 1.165) is 0 Å². The summed E-state index contributed by atoms with van der Waals surface area (Å²) in [4.78, 5) is 7.71. The van der Waals surface area contributed by atoms with Crippen molar-refractivity contribution >= 4 is 0 Å². The van der Waals surface area contributed by atoms with Gasteiger partial charge in [-0.05, 0) is 12.1 Å². The smallest absolute Gasteiger partial charge is 0.144 e. The lowest BCUT2D eigenvalue weighted by atomic mass is 10.1. The fourth-order valence-corrected chi connectivity index (χ4v) is 1.22. The van der Waals surface area contributed by atoms with E-state index in [4.69, 9.17) is 5.26 Å². The summed E-state index contributed by atoms with van der Waals surface area (Å²) in [5.41, 5.74) is 1.44. The molecule has 0 bridgehead atoms. The van der Waals surface area contributed by atoms with Crippen LogP contribution < -0.4 is 0 Å².